The first-order chi connectivity index (χ1) is 6.35. The van der Waals surface area contributed by atoms with Crippen molar-refractivity contribution in [3.63, 3.8) is 0 Å². The van der Waals surface area contributed by atoms with Crippen LogP contribution in [0.25, 0.3) is 0 Å². The van der Waals surface area contributed by atoms with Crippen LogP contribution in [-0.4, -0.2) is 37.6 Å². The Kier molecular flexibility index (Phi) is 4.20. The fraction of sp³-hybridized carbons (Fsp3) is 1.00. The number of nitrogens with zero attached hydrogens (tertiary/aromatic N) is 1. The average Bonchev–Trinajstić information content (AvgIpc) is 2.19. The van der Waals surface area contributed by atoms with E-state index in [2.05, 4.69) is 17.1 Å². The monoisotopic (exact) mass is 184 g/mol. The van der Waals surface area contributed by atoms with E-state index in [0.717, 1.165) is 0 Å². The van der Waals surface area contributed by atoms with Gasteiger partial charge in [-0.3, -0.25) is 0 Å². The predicted octanol–water partition coefficient (Wildman–Crippen LogP) is 1.72. The van der Waals surface area contributed by atoms with Gasteiger partial charge in [0.05, 0.1) is 0 Å². The van der Waals surface area contributed by atoms with E-state index in [1.165, 1.54) is 45.6 Å². The summed E-state index contributed by atoms with van der Waals surface area (Å²) in [5.41, 5.74) is 0.689. The maximum Gasteiger partial charge on any atom is 0.00802 e. The molecule has 0 atom stereocenters. The van der Waals surface area contributed by atoms with Crippen LogP contribution in [0.2, 0.25) is 0 Å². The lowest BCUT2D eigenvalue weighted by Gasteiger charge is -2.49. The first-order valence-electron chi connectivity index (χ1n) is 5.78. The van der Waals surface area contributed by atoms with Gasteiger partial charge >= 0.3 is 0 Å². The summed E-state index contributed by atoms with van der Waals surface area (Å²) in [5.74, 6) is 0. The van der Waals surface area contributed by atoms with Crippen molar-refractivity contribution in [1.29, 1.82) is 0 Å². The number of hydrogen-bond acceptors (Lipinski definition) is 2. The van der Waals surface area contributed by atoms with E-state index in [4.69, 9.17) is 0 Å². The summed E-state index contributed by atoms with van der Waals surface area (Å²) in [5, 5.41) is 3.39. The Morgan fingerprint density at radius 3 is 2.46 bits per heavy atom. The second-order valence-corrected chi connectivity index (χ2v) is 4.08. The third-order valence-corrected chi connectivity index (χ3v) is 3.19. The lowest BCUT2D eigenvalue weighted by atomic mass is 9.75. The van der Waals surface area contributed by atoms with Gasteiger partial charge in [-0.2, -0.15) is 0 Å². The highest BCUT2D eigenvalue weighted by molar-refractivity contribution is 4.96. The Balaban J connectivity index is 0.000000396. The molecule has 1 N–H and O–H groups in total. The molecule has 0 aromatic carbocycles. The van der Waals surface area contributed by atoms with Crippen LogP contribution in [-0.2, 0) is 0 Å². The molecule has 13 heavy (non-hydrogen) atoms. The van der Waals surface area contributed by atoms with E-state index in [9.17, 15) is 0 Å². The molecule has 0 bridgehead atoms. The molecule has 0 aromatic rings. The van der Waals surface area contributed by atoms with Gasteiger partial charge in [0, 0.05) is 25.0 Å². The highest BCUT2D eigenvalue weighted by atomic mass is 15.2. The van der Waals surface area contributed by atoms with Crippen molar-refractivity contribution in [1.82, 2.24) is 10.2 Å². The Morgan fingerprint density at radius 2 is 2.00 bits per heavy atom. The molecule has 0 radical (unpaired) electrons. The molecule has 2 aliphatic rings. The number of rotatable bonds is 1. The summed E-state index contributed by atoms with van der Waals surface area (Å²) in [6.45, 7) is 12.7. The minimum Gasteiger partial charge on any atom is -0.315 e. The second kappa shape index (κ2) is 4.97. The molecular weight excluding hydrogens is 160 g/mol. The third kappa shape index (κ3) is 2.44. The quantitative estimate of drug-likeness (QED) is 0.667. The lowest BCUT2D eigenvalue weighted by Crippen LogP contribution is -2.61. The molecule has 2 fully saturated rings. The van der Waals surface area contributed by atoms with Gasteiger partial charge in [-0.1, -0.05) is 20.8 Å². The molecule has 2 aliphatic heterocycles. The van der Waals surface area contributed by atoms with Crippen molar-refractivity contribution >= 4 is 0 Å². The van der Waals surface area contributed by atoms with Crippen molar-refractivity contribution in [2.75, 3.05) is 32.7 Å². The van der Waals surface area contributed by atoms with E-state index in [1.54, 1.807) is 0 Å². The number of likely N-dealkylation sites (tertiary alicyclic amines) is 1. The van der Waals surface area contributed by atoms with Crippen molar-refractivity contribution in [3.05, 3.63) is 0 Å². The molecule has 0 saturated carbocycles. The fourth-order valence-electron chi connectivity index (χ4n) is 2.35. The Bertz CT molecular complexity index is 141. The summed E-state index contributed by atoms with van der Waals surface area (Å²) >= 11 is 0. The smallest absolute Gasteiger partial charge is 0.00802 e. The SMILES string of the molecule is CC.CCN1CCCC2(CNC2)C1. The number of nitrogens with one attached hydrogen (secondary N) is 1. The van der Waals surface area contributed by atoms with Crippen LogP contribution in [0.15, 0.2) is 0 Å². The van der Waals surface area contributed by atoms with Gasteiger partial charge < -0.3 is 10.2 Å². The maximum atomic E-state index is 3.39. The molecule has 1 spiro atoms. The highest BCUT2D eigenvalue weighted by Gasteiger charge is 2.39. The van der Waals surface area contributed by atoms with E-state index >= 15 is 0 Å². The molecule has 2 nitrogen and oxygen atoms in total. The van der Waals surface area contributed by atoms with Crippen molar-refractivity contribution in [3.8, 4) is 0 Å². The molecule has 2 heterocycles. The zero-order valence-electron chi connectivity index (χ0n) is 9.40. The largest absolute Gasteiger partial charge is 0.315 e. The topological polar surface area (TPSA) is 15.3 Å². The Morgan fingerprint density at radius 1 is 1.31 bits per heavy atom. The molecular formula is C11H24N2. The van der Waals surface area contributed by atoms with Gasteiger partial charge in [0.2, 0.25) is 0 Å². The molecule has 0 unspecified atom stereocenters. The van der Waals surface area contributed by atoms with Gasteiger partial charge in [-0.15, -0.1) is 0 Å². The number of hydrogen-bond donors (Lipinski definition) is 1. The van der Waals surface area contributed by atoms with Crippen LogP contribution in [0.5, 0.6) is 0 Å². The van der Waals surface area contributed by atoms with Gasteiger partial charge in [0.25, 0.3) is 0 Å². The molecule has 0 aliphatic carbocycles. The Hall–Kier alpha value is -0.0800. The standard InChI is InChI=1S/C9H18N2.C2H6/c1-2-11-5-3-4-9(8-11)6-10-7-9;1-2/h10H,2-8H2,1H3;1-2H3. The molecule has 0 amide bonds. The van der Waals surface area contributed by atoms with Crippen LogP contribution in [0.3, 0.4) is 0 Å². The maximum absolute atomic E-state index is 3.39. The van der Waals surface area contributed by atoms with Gasteiger partial charge in [-0.05, 0) is 25.9 Å². The summed E-state index contributed by atoms with van der Waals surface area (Å²) < 4.78 is 0. The molecule has 2 saturated heterocycles. The van der Waals surface area contributed by atoms with E-state index in [0.29, 0.717) is 5.41 Å². The summed E-state index contributed by atoms with van der Waals surface area (Å²) in [6, 6.07) is 0. The minimum atomic E-state index is 0.689. The highest BCUT2D eigenvalue weighted by Crippen LogP contribution is 2.33. The molecule has 2 rings (SSSR count). The van der Waals surface area contributed by atoms with E-state index in [1.807, 2.05) is 13.8 Å². The van der Waals surface area contributed by atoms with Crippen LogP contribution in [0.1, 0.15) is 33.6 Å². The average molecular weight is 184 g/mol. The van der Waals surface area contributed by atoms with Gasteiger partial charge in [-0.25, -0.2) is 0 Å². The summed E-state index contributed by atoms with van der Waals surface area (Å²) in [6.07, 6.45) is 2.87. The van der Waals surface area contributed by atoms with Crippen molar-refractivity contribution in [2.24, 2.45) is 5.41 Å². The van der Waals surface area contributed by atoms with Crippen LogP contribution >= 0.6 is 0 Å². The first-order valence-corrected chi connectivity index (χ1v) is 5.78. The van der Waals surface area contributed by atoms with Crippen LogP contribution in [0, 0.1) is 5.41 Å². The molecule has 2 heteroatoms. The minimum absolute atomic E-state index is 0.689. The second-order valence-electron chi connectivity index (χ2n) is 4.08. The van der Waals surface area contributed by atoms with Gasteiger partial charge in [0.15, 0.2) is 0 Å². The van der Waals surface area contributed by atoms with Gasteiger partial charge in [0.1, 0.15) is 0 Å². The van der Waals surface area contributed by atoms with Crippen molar-refractivity contribution in [2.45, 2.75) is 33.6 Å². The molecule has 78 valence electrons. The number of piperidine rings is 1. The van der Waals surface area contributed by atoms with Crippen LogP contribution < -0.4 is 5.32 Å². The Labute approximate surface area is 82.7 Å². The third-order valence-electron chi connectivity index (χ3n) is 3.19. The fourth-order valence-corrected chi connectivity index (χ4v) is 2.35. The van der Waals surface area contributed by atoms with E-state index < -0.39 is 0 Å². The predicted molar refractivity (Wildman–Crippen MR) is 58.0 cm³/mol. The zero-order chi connectivity index (χ0) is 9.73. The van der Waals surface area contributed by atoms with Crippen LogP contribution in [0.4, 0.5) is 0 Å². The summed E-state index contributed by atoms with van der Waals surface area (Å²) in [4.78, 5) is 2.59. The molecule has 0 aromatic heterocycles. The first kappa shape index (κ1) is 11.0. The normalized spacial score (nSPS) is 26.1. The zero-order valence-corrected chi connectivity index (χ0v) is 9.40. The summed E-state index contributed by atoms with van der Waals surface area (Å²) in [7, 11) is 0. The van der Waals surface area contributed by atoms with Crippen molar-refractivity contribution < 1.29 is 0 Å². The van der Waals surface area contributed by atoms with E-state index in [-0.39, 0.29) is 0 Å². The lowest BCUT2D eigenvalue weighted by molar-refractivity contribution is 0.0446.